The second-order valence-electron chi connectivity index (χ2n) is 3.97. The first kappa shape index (κ1) is 11.5. The topological polar surface area (TPSA) is 23.6 Å². The third-order valence-electron chi connectivity index (χ3n) is 2.73. The lowest BCUT2D eigenvalue weighted by Gasteiger charge is -2.34. The van der Waals surface area contributed by atoms with Crippen LogP contribution in [-0.4, -0.2) is 48.4 Å². The van der Waals surface area contributed by atoms with Crippen LogP contribution in [0.1, 0.15) is 33.1 Å². The van der Waals surface area contributed by atoms with Gasteiger partial charge in [-0.2, -0.15) is 0 Å². The molecule has 0 aromatic rings. The molecule has 3 nitrogen and oxygen atoms in total. The predicted molar refractivity (Wildman–Crippen MR) is 58.2 cm³/mol. The van der Waals surface area contributed by atoms with E-state index in [9.17, 15) is 4.79 Å². The van der Waals surface area contributed by atoms with E-state index in [4.69, 9.17) is 0 Å². The Morgan fingerprint density at radius 2 is 1.71 bits per heavy atom. The summed E-state index contributed by atoms with van der Waals surface area (Å²) in [5.41, 5.74) is 0. The van der Waals surface area contributed by atoms with Gasteiger partial charge in [-0.25, -0.2) is 0 Å². The number of carbonyl (C=O) groups excluding carboxylic acids is 1. The van der Waals surface area contributed by atoms with Gasteiger partial charge in [0.1, 0.15) is 0 Å². The Labute approximate surface area is 87.1 Å². The largest absolute Gasteiger partial charge is 0.340 e. The molecule has 0 N–H and O–H groups in total. The average molecular weight is 198 g/mol. The minimum Gasteiger partial charge on any atom is -0.340 e. The molecule has 1 heterocycles. The fraction of sp³-hybridized carbons (Fsp3) is 0.909. The predicted octanol–water partition coefficient (Wildman–Crippen LogP) is 1.34. The summed E-state index contributed by atoms with van der Waals surface area (Å²) in [6.45, 7) is 9.42. The Morgan fingerprint density at radius 3 is 2.21 bits per heavy atom. The Kier molecular flexibility index (Phi) is 4.94. The van der Waals surface area contributed by atoms with Crippen LogP contribution in [0.15, 0.2) is 0 Å². The molecule has 1 aliphatic rings. The van der Waals surface area contributed by atoms with Gasteiger partial charge in [0.15, 0.2) is 0 Å². The molecule has 0 bridgehead atoms. The minimum atomic E-state index is 0.337. The third-order valence-corrected chi connectivity index (χ3v) is 2.73. The maximum Gasteiger partial charge on any atom is 0.222 e. The van der Waals surface area contributed by atoms with Crippen molar-refractivity contribution in [1.82, 2.24) is 9.80 Å². The highest BCUT2D eigenvalue weighted by molar-refractivity contribution is 5.76. The van der Waals surface area contributed by atoms with E-state index in [0.29, 0.717) is 12.3 Å². The maximum atomic E-state index is 11.6. The van der Waals surface area contributed by atoms with Crippen molar-refractivity contribution in [2.75, 3.05) is 32.7 Å². The second kappa shape index (κ2) is 6.02. The fourth-order valence-corrected chi connectivity index (χ4v) is 1.91. The Bertz CT molecular complexity index is 174. The fourth-order valence-electron chi connectivity index (χ4n) is 1.91. The Morgan fingerprint density at radius 1 is 1.07 bits per heavy atom. The summed E-state index contributed by atoms with van der Waals surface area (Å²) < 4.78 is 0. The molecule has 0 radical (unpaired) electrons. The van der Waals surface area contributed by atoms with Gasteiger partial charge >= 0.3 is 0 Å². The van der Waals surface area contributed by atoms with Crippen LogP contribution in [0.2, 0.25) is 0 Å². The molecule has 1 fully saturated rings. The molecule has 0 aliphatic carbocycles. The molecule has 0 atom stereocenters. The van der Waals surface area contributed by atoms with Crippen LogP contribution in [0, 0.1) is 0 Å². The summed E-state index contributed by atoms with van der Waals surface area (Å²) >= 11 is 0. The number of nitrogens with zero attached hydrogens (tertiary/aromatic N) is 2. The van der Waals surface area contributed by atoms with Crippen LogP contribution < -0.4 is 0 Å². The van der Waals surface area contributed by atoms with E-state index in [1.54, 1.807) is 0 Å². The van der Waals surface area contributed by atoms with Gasteiger partial charge in [0.25, 0.3) is 0 Å². The summed E-state index contributed by atoms with van der Waals surface area (Å²) in [6.07, 6.45) is 2.89. The third kappa shape index (κ3) is 3.29. The first-order chi connectivity index (χ1) is 6.77. The zero-order chi connectivity index (χ0) is 10.4. The summed E-state index contributed by atoms with van der Waals surface area (Å²) in [5.74, 6) is 0.337. The molecule has 0 spiro atoms. The second-order valence-corrected chi connectivity index (χ2v) is 3.97. The highest BCUT2D eigenvalue weighted by Crippen LogP contribution is 2.05. The van der Waals surface area contributed by atoms with Crippen LogP contribution >= 0.6 is 0 Å². The molecule has 1 saturated heterocycles. The van der Waals surface area contributed by atoms with Gasteiger partial charge in [0, 0.05) is 32.6 Å². The van der Waals surface area contributed by atoms with Crippen molar-refractivity contribution in [3.63, 3.8) is 0 Å². The SMILES string of the molecule is CCCC(=O)N1CCN(CCC)CC1. The Balaban J connectivity index is 2.24. The normalized spacial score (nSPS) is 18.6. The van der Waals surface area contributed by atoms with Crippen molar-refractivity contribution in [3.8, 4) is 0 Å². The van der Waals surface area contributed by atoms with E-state index >= 15 is 0 Å². The van der Waals surface area contributed by atoms with Gasteiger partial charge in [-0.3, -0.25) is 9.69 Å². The molecule has 0 aromatic heterocycles. The Hall–Kier alpha value is -0.570. The first-order valence-corrected chi connectivity index (χ1v) is 5.78. The standard InChI is InChI=1S/C11H22N2O/c1-3-5-11(14)13-9-7-12(6-4-2)8-10-13/h3-10H2,1-2H3. The molecule has 3 heteroatoms. The summed E-state index contributed by atoms with van der Waals surface area (Å²) in [7, 11) is 0. The van der Waals surface area contributed by atoms with Crippen LogP contribution in [0.4, 0.5) is 0 Å². The van der Waals surface area contributed by atoms with Crippen LogP contribution in [-0.2, 0) is 4.79 Å². The van der Waals surface area contributed by atoms with Gasteiger partial charge in [0.2, 0.25) is 5.91 Å². The smallest absolute Gasteiger partial charge is 0.222 e. The number of hydrogen-bond donors (Lipinski definition) is 0. The highest BCUT2D eigenvalue weighted by Gasteiger charge is 2.19. The van der Waals surface area contributed by atoms with Gasteiger partial charge in [-0.15, -0.1) is 0 Å². The van der Waals surface area contributed by atoms with Gasteiger partial charge in [0.05, 0.1) is 0 Å². The molecule has 1 amide bonds. The highest BCUT2D eigenvalue weighted by atomic mass is 16.2. The summed E-state index contributed by atoms with van der Waals surface area (Å²) in [4.78, 5) is 16.0. The maximum absolute atomic E-state index is 11.6. The lowest BCUT2D eigenvalue weighted by molar-refractivity contribution is -0.132. The van der Waals surface area contributed by atoms with Gasteiger partial charge in [-0.1, -0.05) is 13.8 Å². The summed E-state index contributed by atoms with van der Waals surface area (Å²) in [6, 6.07) is 0. The van der Waals surface area contributed by atoms with E-state index in [2.05, 4.69) is 18.7 Å². The number of carbonyl (C=O) groups is 1. The van der Waals surface area contributed by atoms with E-state index < -0.39 is 0 Å². The molecule has 0 aromatic carbocycles. The quantitative estimate of drug-likeness (QED) is 0.680. The molecule has 1 rings (SSSR count). The number of rotatable bonds is 4. The summed E-state index contributed by atoms with van der Waals surface area (Å²) in [5, 5.41) is 0. The van der Waals surface area contributed by atoms with Crippen LogP contribution in [0.25, 0.3) is 0 Å². The van der Waals surface area contributed by atoms with E-state index in [1.807, 2.05) is 4.90 Å². The molecule has 1 aliphatic heterocycles. The van der Waals surface area contributed by atoms with Crippen molar-refractivity contribution in [2.24, 2.45) is 0 Å². The lowest BCUT2D eigenvalue weighted by atomic mass is 10.2. The van der Waals surface area contributed by atoms with Crippen molar-refractivity contribution < 1.29 is 4.79 Å². The van der Waals surface area contributed by atoms with E-state index in [1.165, 1.54) is 13.0 Å². The molecular formula is C11H22N2O. The molecule has 0 saturated carbocycles. The molecule has 0 unspecified atom stereocenters. The van der Waals surface area contributed by atoms with Gasteiger partial charge < -0.3 is 4.90 Å². The average Bonchev–Trinajstić information content (AvgIpc) is 2.20. The number of amides is 1. The number of hydrogen-bond acceptors (Lipinski definition) is 2. The monoisotopic (exact) mass is 198 g/mol. The van der Waals surface area contributed by atoms with Crippen molar-refractivity contribution >= 4 is 5.91 Å². The van der Waals surface area contributed by atoms with E-state index in [0.717, 1.165) is 32.6 Å². The molecule has 82 valence electrons. The number of piperazine rings is 1. The van der Waals surface area contributed by atoms with Crippen molar-refractivity contribution in [1.29, 1.82) is 0 Å². The van der Waals surface area contributed by atoms with Crippen LogP contribution in [0.3, 0.4) is 0 Å². The van der Waals surface area contributed by atoms with Crippen LogP contribution in [0.5, 0.6) is 0 Å². The lowest BCUT2D eigenvalue weighted by Crippen LogP contribution is -2.48. The first-order valence-electron chi connectivity index (χ1n) is 5.78. The molecular weight excluding hydrogens is 176 g/mol. The minimum absolute atomic E-state index is 0.337. The van der Waals surface area contributed by atoms with Gasteiger partial charge in [-0.05, 0) is 19.4 Å². The van der Waals surface area contributed by atoms with Crippen molar-refractivity contribution in [2.45, 2.75) is 33.1 Å². The zero-order valence-electron chi connectivity index (χ0n) is 9.46. The van der Waals surface area contributed by atoms with Crippen molar-refractivity contribution in [3.05, 3.63) is 0 Å². The van der Waals surface area contributed by atoms with E-state index in [-0.39, 0.29) is 0 Å². The molecule has 14 heavy (non-hydrogen) atoms. The zero-order valence-corrected chi connectivity index (χ0v) is 9.46.